The van der Waals surface area contributed by atoms with E-state index in [2.05, 4.69) is 83.2 Å². The molecule has 2 amide bonds. The Kier molecular flexibility index (Phi) is 26.0. The second-order valence-electron chi connectivity index (χ2n) is 15.7. The molecular formula is C46H77N5O8. The van der Waals surface area contributed by atoms with Gasteiger partial charge in [-0.1, -0.05) is 102 Å². The molecule has 1 aliphatic rings. The van der Waals surface area contributed by atoms with Crippen molar-refractivity contribution in [2.75, 3.05) is 34.4 Å². The third-order valence-electron chi connectivity index (χ3n) is 10.7. The number of hydrogen-bond donors (Lipinski definition) is 5. The molecule has 0 aliphatic carbocycles. The Morgan fingerprint density at radius 2 is 1.69 bits per heavy atom. The van der Waals surface area contributed by atoms with E-state index >= 15 is 0 Å². The lowest BCUT2D eigenvalue weighted by atomic mass is 9.92. The van der Waals surface area contributed by atoms with Gasteiger partial charge < -0.3 is 34.9 Å². The summed E-state index contributed by atoms with van der Waals surface area (Å²) in [6, 6.07) is 12.5. The fraction of sp³-hybridized carbons (Fsp3) is 0.630. The monoisotopic (exact) mass is 828 g/mol. The zero-order valence-electron chi connectivity index (χ0n) is 38.0. The predicted octanol–water partition coefficient (Wildman–Crippen LogP) is 8.31. The van der Waals surface area contributed by atoms with Crippen LogP contribution in [-0.4, -0.2) is 97.0 Å². The van der Waals surface area contributed by atoms with Crippen molar-refractivity contribution in [3.05, 3.63) is 78.2 Å². The summed E-state index contributed by atoms with van der Waals surface area (Å²) in [5, 5.41) is 26.2. The Morgan fingerprint density at radius 3 is 2.19 bits per heavy atom. The highest BCUT2D eigenvalue weighted by molar-refractivity contribution is 5.75. The summed E-state index contributed by atoms with van der Waals surface area (Å²) in [7, 11) is 5.70. The number of aliphatic hydroxyl groups excluding tert-OH is 1. The Labute approximate surface area is 355 Å². The number of carbonyl (C=O) groups excluding carboxylic acids is 2. The number of rotatable bonds is 22. The number of amides is 2. The molecule has 2 aromatic rings. The topological polar surface area (TPSA) is 164 Å². The first-order chi connectivity index (χ1) is 28.0. The molecular weight excluding hydrogens is 751 g/mol. The number of nitrogens with zero attached hydrogens (tertiary/aromatic N) is 2. The van der Waals surface area contributed by atoms with Gasteiger partial charge >= 0.3 is 12.0 Å². The molecule has 59 heavy (non-hydrogen) atoms. The standard InChI is InChI=1S/C23H31N3O.C15H27NO5.C8H19NO2/c1-4-7-18(3)20(5-2)13-15-25-23(27)26-16-19-9-11-21(12-10-19)22-8-6-14-24-17-22;1-7-12(15(5)16-14(18)21-15)20-13(17)11(4)10(3)9(2)8-19-6;1-5-8(9(3)4)6-7(2)11-10/h6,8-14,17-18H,4-5,7,15-16H2,1-3H3,(H2,25,26,27);9,11-12,14,16,18H,3,7-8H2,1-2,4-6H3;7-8,10H,5-6H2,1-4H3/b20-13-;;/t18-;9-,11?,12-,14?,15-;/m11./s1. The number of nitrogens with one attached hydrogen (secondary N) is 3. The molecule has 0 spiro atoms. The van der Waals surface area contributed by atoms with Crippen molar-refractivity contribution in [2.45, 2.75) is 138 Å². The lowest BCUT2D eigenvalue weighted by molar-refractivity contribution is -0.343. The van der Waals surface area contributed by atoms with E-state index in [-0.39, 0.29) is 24.0 Å². The summed E-state index contributed by atoms with van der Waals surface area (Å²) in [6.07, 6.45) is 10.2. The molecule has 8 atom stereocenters. The van der Waals surface area contributed by atoms with Gasteiger partial charge in [-0.05, 0) is 95.6 Å². The maximum absolute atomic E-state index is 12.3. The molecule has 13 nitrogen and oxygen atoms in total. The molecule has 5 N–H and O–H groups in total. The lowest BCUT2D eigenvalue weighted by Crippen LogP contribution is -2.70. The average molecular weight is 828 g/mol. The molecule has 334 valence electrons. The van der Waals surface area contributed by atoms with Crippen LogP contribution in [0.3, 0.4) is 0 Å². The second-order valence-corrected chi connectivity index (χ2v) is 15.7. The van der Waals surface area contributed by atoms with E-state index in [0.717, 1.165) is 41.5 Å². The van der Waals surface area contributed by atoms with Gasteiger partial charge in [-0.15, -0.1) is 0 Å². The van der Waals surface area contributed by atoms with Crippen LogP contribution in [0.4, 0.5) is 4.79 Å². The molecule has 1 saturated heterocycles. The van der Waals surface area contributed by atoms with Crippen LogP contribution >= 0.6 is 0 Å². The SMILES string of the molecule is C=C(C(C)C(=O)O[C@H](CC)[C@]1(C)NC(O)O1)[C@H](C)COC.CCC(CC(C)OO)N(C)C.CCC[C@@H](C)/C(=C\CNC(=O)NCc1ccc(-c2cccnc2)cc1)CC. The third kappa shape index (κ3) is 19.5. The maximum atomic E-state index is 12.3. The number of carbonyl (C=O) groups is 2. The molecule has 1 aromatic carbocycles. The smallest absolute Gasteiger partial charge is 0.315 e. The van der Waals surface area contributed by atoms with Gasteiger partial charge in [0.05, 0.1) is 18.6 Å². The lowest BCUT2D eigenvalue weighted by Gasteiger charge is -2.47. The zero-order chi connectivity index (χ0) is 44.5. The van der Waals surface area contributed by atoms with Crippen LogP contribution in [0.25, 0.3) is 11.1 Å². The normalized spacial score (nSPS) is 19.2. The summed E-state index contributed by atoms with van der Waals surface area (Å²) in [6.45, 7) is 23.6. The van der Waals surface area contributed by atoms with E-state index in [1.165, 1.54) is 18.4 Å². The number of benzene rings is 1. The second kappa shape index (κ2) is 28.7. The summed E-state index contributed by atoms with van der Waals surface area (Å²) >= 11 is 0. The predicted molar refractivity (Wildman–Crippen MR) is 236 cm³/mol. The largest absolute Gasteiger partial charge is 0.457 e. The van der Waals surface area contributed by atoms with Crippen molar-refractivity contribution in [3.63, 3.8) is 0 Å². The Balaban J connectivity index is 0.000000483. The quantitative estimate of drug-likeness (QED) is 0.0336. The van der Waals surface area contributed by atoms with Crippen LogP contribution in [0.15, 0.2) is 72.6 Å². The first-order valence-electron chi connectivity index (χ1n) is 21.2. The summed E-state index contributed by atoms with van der Waals surface area (Å²) in [5.74, 6) is -0.100. The molecule has 2 heterocycles. The van der Waals surface area contributed by atoms with Gasteiger partial charge in [0.2, 0.25) is 6.41 Å². The van der Waals surface area contributed by atoms with Gasteiger partial charge in [-0.2, -0.15) is 0 Å². The summed E-state index contributed by atoms with van der Waals surface area (Å²) < 4.78 is 15.8. The highest BCUT2D eigenvalue weighted by Gasteiger charge is 2.48. The summed E-state index contributed by atoms with van der Waals surface area (Å²) in [5.41, 5.74) is 4.63. The number of methoxy groups -OCH3 is 1. The van der Waals surface area contributed by atoms with E-state index in [1.54, 1.807) is 27.2 Å². The van der Waals surface area contributed by atoms with Crippen molar-refractivity contribution in [3.8, 4) is 11.1 Å². The molecule has 1 aromatic heterocycles. The molecule has 13 heteroatoms. The van der Waals surface area contributed by atoms with Crippen LogP contribution in [-0.2, 0) is 30.4 Å². The molecule has 0 bridgehead atoms. The number of ether oxygens (including phenoxy) is 3. The Bertz CT molecular complexity index is 1500. The Morgan fingerprint density at radius 1 is 1.03 bits per heavy atom. The zero-order valence-corrected chi connectivity index (χ0v) is 38.0. The van der Waals surface area contributed by atoms with E-state index in [1.807, 2.05) is 65.3 Å². The van der Waals surface area contributed by atoms with Crippen molar-refractivity contribution in [1.29, 1.82) is 0 Å². The van der Waals surface area contributed by atoms with Crippen molar-refractivity contribution in [1.82, 2.24) is 25.8 Å². The maximum Gasteiger partial charge on any atom is 0.315 e. The van der Waals surface area contributed by atoms with Gasteiger partial charge in [0.15, 0.2) is 5.72 Å². The molecule has 4 unspecified atom stereocenters. The molecule has 3 rings (SSSR count). The van der Waals surface area contributed by atoms with Gasteiger partial charge in [-0.25, -0.2) is 15.0 Å². The minimum atomic E-state index is -1.00. The number of esters is 1. The van der Waals surface area contributed by atoms with Crippen molar-refractivity contribution >= 4 is 12.0 Å². The molecule has 0 radical (unpaired) electrons. The number of pyridine rings is 1. The van der Waals surface area contributed by atoms with Crippen molar-refractivity contribution < 1.29 is 39.1 Å². The molecule has 1 fully saturated rings. The number of aliphatic hydroxyl groups is 1. The minimum Gasteiger partial charge on any atom is -0.457 e. The van der Waals surface area contributed by atoms with Crippen LogP contribution in [0.1, 0.15) is 106 Å². The number of aromatic nitrogens is 1. The number of urea groups is 1. The van der Waals surface area contributed by atoms with Crippen LogP contribution in [0.5, 0.6) is 0 Å². The van der Waals surface area contributed by atoms with Gasteiger partial charge in [0.1, 0.15) is 6.10 Å². The van der Waals surface area contributed by atoms with E-state index in [9.17, 15) is 14.7 Å². The van der Waals surface area contributed by atoms with Crippen molar-refractivity contribution in [2.24, 2.45) is 17.8 Å². The average Bonchev–Trinajstić information content (AvgIpc) is 3.22. The highest BCUT2D eigenvalue weighted by atomic mass is 17.1. The van der Waals surface area contributed by atoms with Gasteiger partial charge in [0, 0.05) is 44.6 Å². The first kappa shape index (κ1) is 53.3. The van der Waals surface area contributed by atoms with E-state index < -0.39 is 24.2 Å². The van der Waals surface area contributed by atoms with Crippen LogP contribution < -0.4 is 16.0 Å². The third-order valence-corrected chi connectivity index (χ3v) is 10.7. The molecule has 0 saturated carbocycles. The van der Waals surface area contributed by atoms with Crippen LogP contribution in [0.2, 0.25) is 0 Å². The fourth-order valence-corrected chi connectivity index (χ4v) is 6.76. The summed E-state index contributed by atoms with van der Waals surface area (Å²) in [4.78, 5) is 34.8. The highest BCUT2D eigenvalue weighted by Crippen LogP contribution is 2.29. The van der Waals surface area contributed by atoms with Crippen LogP contribution in [0, 0.1) is 17.8 Å². The first-order valence-corrected chi connectivity index (χ1v) is 21.2. The fourth-order valence-electron chi connectivity index (χ4n) is 6.76. The molecule has 1 aliphatic heterocycles. The van der Waals surface area contributed by atoms with E-state index in [4.69, 9.17) is 19.5 Å². The number of allylic oxidation sites excluding steroid dienone is 1. The van der Waals surface area contributed by atoms with Gasteiger partial charge in [-0.3, -0.25) is 15.0 Å². The van der Waals surface area contributed by atoms with E-state index in [0.29, 0.717) is 38.1 Å². The Hall–Kier alpha value is -3.69. The minimum absolute atomic E-state index is 0.0673. The number of hydrogen-bond acceptors (Lipinski definition) is 11. The van der Waals surface area contributed by atoms with Gasteiger partial charge in [0.25, 0.3) is 0 Å².